The summed E-state index contributed by atoms with van der Waals surface area (Å²) in [5.41, 5.74) is 2.43. The number of halogens is 1. The van der Waals surface area contributed by atoms with E-state index in [0.29, 0.717) is 6.04 Å². The van der Waals surface area contributed by atoms with Gasteiger partial charge in [-0.25, -0.2) is 0 Å². The summed E-state index contributed by atoms with van der Waals surface area (Å²) in [5.74, 6) is 0. The highest BCUT2D eigenvalue weighted by Crippen LogP contribution is 2.23. The zero-order valence-electron chi connectivity index (χ0n) is 10.5. The van der Waals surface area contributed by atoms with Gasteiger partial charge in [-0.1, -0.05) is 34.1 Å². The van der Waals surface area contributed by atoms with Crippen LogP contribution in [0.4, 0.5) is 5.69 Å². The van der Waals surface area contributed by atoms with Crippen molar-refractivity contribution in [2.75, 3.05) is 11.6 Å². The molecule has 0 fully saturated rings. The Bertz CT molecular complexity index is 510. The lowest BCUT2D eigenvalue weighted by atomic mass is 10.1. The number of nitrogens with one attached hydrogen (secondary N) is 1. The average molecular weight is 322 g/mol. The van der Waals surface area contributed by atoms with Crippen LogP contribution in [0, 0.1) is 0 Å². The maximum Gasteiger partial charge on any atom is 0.0485 e. The zero-order valence-corrected chi connectivity index (χ0v) is 12.9. The van der Waals surface area contributed by atoms with Crippen LogP contribution in [0.3, 0.4) is 0 Å². The van der Waals surface area contributed by atoms with Gasteiger partial charge < -0.3 is 5.32 Å². The van der Waals surface area contributed by atoms with Crippen LogP contribution in [0.25, 0.3) is 0 Å². The highest BCUT2D eigenvalue weighted by molar-refractivity contribution is 9.10. The van der Waals surface area contributed by atoms with Gasteiger partial charge in [0, 0.05) is 21.1 Å². The summed E-state index contributed by atoms with van der Waals surface area (Å²) >= 11 is 5.25. The fourth-order valence-electron chi connectivity index (χ4n) is 1.80. The first-order valence-electron chi connectivity index (χ1n) is 5.85. The van der Waals surface area contributed by atoms with Gasteiger partial charge in [-0.3, -0.25) is 0 Å². The minimum absolute atomic E-state index is 0.301. The summed E-state index contributed by atoms with van der Waals surface area (Å²) in [6.07, 6.45) is 2.10. The average Bonchev–Trinajstić information content (AvgIpc) is 2.39. The first-order chi connectivity index (χ1) is 8.69. The van der Waals surface area contributed by atoms with Gasteiger partial charge in [0.2, 0.25) is 0 Å². The number of hydrogen-bond acceptors (Lipinski definition) is 2. The summed E-state index contributed by atoms with van der Waals surface area (Å²) in [4.78, 5) is 1.30. The number of rotatable bonds is 4. The van der Waals surface area contributed by atoms with Gasteiger partial charge in [0.25, 0.3) is 0 Å². The van der Waals surface area contributed by atoms with Gasteiger partial charge in [-0.15, -0.1) is 11.8 Å². The summed E-state index contributed by atoms with van der Waals surface area (Å²) in [5, 5.41) is 3.50. The Hall–Kier alpha value is -0.930. The molecule has 1 N–H and O–H groups in total. The van der Waals surface area contributed by atoms with Crippen molar-refractivity contribution in [3.8, 4) is 0 Å². The van der Waals surface area contributed by atoms with Crippen LogP contribution in [-0.4, -0.2) is 6.26 Å². The summed E-state index contributed by atoms with van der Waals surface area (Å²) < 4.78 is 1.09. The Morgan fingerprint density at radius 3 is 2.44 bits per heavy atom. The van der Waals surface area contributed by atoms with Crippen molar-refractivity contribution in [1.29, 1.82) is 0 Å². The van der Waals surface area contributed by atoms with Crippen LogP contribution in [0.2, 0.25) is 0 Å². The van der Waals surface area contributed by atoms with Crippen molar-refractivity contribution in [1.82, 2.24) is 0 Å². The van der Waals surface area contributed by atoms with Crippen molar-refractivity contribution in [3.05, 3.63) is 58.6 Å². The van der Waals surface area contributed by atoms with Gasteiger partial charge in [0.05, 0.1) is 0 Å². The van der Waals surface area contributed by atoms with E-state index in [-0.39, 0.29) is 0 Å². The van der Waals surface area contributed by atoms with E-state index in [4.69, 9.17) is 0 Å². The highest BCUT2D eigenvalue weighted by Gasteiger charge is 2.05. The molecule has 18 heavy (non-hydrogen) atoms. The molecule has 0 aliphatic rings. The molecule has 1 atom stereocenters. The predicted molar refractivity (Wildman–Crippen MR) is 84.4 cm³/mol. The summed E-state index contributed by atoms with van der Waals surface area (Å²) in [6, 6.07) is 17.2. The molecule has 0 heterocycles. The molecule has 0 amide bonds. The van der Waals surface area contributed by atoms with E-state index in [1.165, 1.54) is 10.5 Å². The van der Waals surface area contributed by atoms with E-state index in [1.807, 2.05) is 12.1 Å². The highest BCUT2D eigenvalue weighted by atomic mass is 79.9. The molecule has 0 saturated heterocycles. The predicted octanol–water partition coefficient (Wildman–Crippen LogP) is 5.34. The van der Waals surface area contributed by atoms with Crippen LogP contribution < -0.4 is 5.32 Å². The van der Waals surface area contributed by atoms with E-state index in [1.54, 1.807) is 11.8 Å². The molecule has 1 nitrogen and oxygen atoms in total. The monoisotopic (exact) mass is 321 g/mol. The van der Waals surface area contributed by atoms with Gasteiger partial charge in [0.1, 0.15) is 0 Å². The van der Waals surface area contributed by atoms with E-state index < -0.39 is 0 Å². The maximum absolute atomic E-state index is 3.50. The molecule has 0 radical (unpaired) electrons. The lowest BCUT2D eigenvalue weighted by Crippen LogP contribution is -2.06. The molecule has 0 bridgehead atoms. The fourth-order valence-corrected chi connectivity index (χ4v) is 2.61. The van der Waals surface area contributed by atoms with Crippen LogP contribution in [0.15, 0.2) is 57.9 Å². The summed E-state index contributed by atoms with van der Waals surface area (Å²) in [6.45, 7) is 2.18. The Labute approximate surface area is 121 Å². The van der Waals surface area contributed by atoms with Crippen molar-refractivity contribution in [3.63, 3.8) is 0 Å². The SMILES string of the molecule is CSc1ccc(C(C)Nc2cccc(Br)c2)cc1. The van der Waals surface area contributed by atoms with Crippen LogP contribution in [0.1, 0.15) is 18.5 Å². The molecular weight excluding hydrogens is 306 g/mol. The molecule has 2 rings (SSSR count). The fraction of sp³-hybridized carbons (Fsp3) is 0.200. The second-order valence-corrected chi connectivity index (χ2v) is 5.94. The Kier molecular flexibility index (Phi) is 4.72. The van der Waals surface area contributed by atoms with Crippen LogP contribution >= 0.6 is 27.7 Å². The van der Waals surface area contributed by atoms with E-state index in [0.717, 1.165) is 10.2 Å². The molecule has 0 aromatic heterocycles. The normalized spacial score (nSPS) is 12.2. The lowest BCUT2D eigenvalue weighted by molar-refractivity contribution is 0.882. The number of thioether (sulfide) groups is 1. The van der Waals surface area contributed by atoms with Crippen molar-refractivity contribution in [2.45, 2.75) is 17.9 Å². The third kappa shape index (κ3) is 3.53. The number of anilines is 1. The summed E-state index contributed by atoms with van der Waals surface area (Å²) in [7, 11) is 0. The third-order valence-corrected chi connectivity index (χ3v) is 4.06. The Balaban J connectivity index is 2.09. The molecule has 2 aromatic carbocycles. The van der Waals surface area contributed by atoms with Gasteiger partial charge >= 0.3 is 0 Å². The molecule has 0 aliphatic heterocycles. The zero-order chi connectivity index (χ0) is 13.0. The minimum Gasteiger partial charge on any atom is -0.378 e. The first kappa shape index (κ1) is 13.5. The topological polar surface area (TPSA) is 12.0 Å². The van der Waals surface area contributed by atoms with Gasteiger partial charge in [-0.2, -0.15) is 0 Å². The van der Waals surface area contributed by atoms with Gasteiger partial charge in [-0.05, 0) is 49.1 Å². The first-order valence-corrected chi connectivity index (χ1v) is 7.87. The standard InChI is InChI=1S/C15H16BrNS/c1-11(12-6-8-15(18-2)9-7-12)17-14-5-3-4-13(16)10-14/h3-11,17H,1-2H3. The van der Waals surface area contributed by atoms with E-state index >= 15 is 0 Å². The van der Waals surface area contributed by atoms with Crippen molar-refractivity contribution in [2.24, 2.45) is 0 Å². The third-order valence-electron chi connectivity index (χ3n) is 2.82. The molecule has 0 aliphatic carbocycles. The lowest BCUT2D eigenvalue weighted by Gasteiger charge is -2.16. The van der Waals surface area contributed by atoms with Crippen molar-refractivity contribution < 1.29 is 0 Å². The smallest absolute Gasteiger partial charge is 0.0485 e. The molecule has 1 unspecified atom stereocenters. The van der Waals surface area contributed by atoms with E-state index in [2.05, 4.69) is 70.8 Å². The molecule has 94 valence electrons. The molecule has 0 spiro atoms. The Morgan fingerprint density at radius 2 is 1.83 bits per heavy atom. The quantitative estimate of drug-likeness (QED) is 0.762. The van der Waals surface area contributed by atoms with E-state index in [9.17, 15) is 0 Å². The molecule has 0 saturated carbocycles. The maximum atomic E-state index is 3.50. The molecule has 3 heteroatoms. The molecular formula is C15H16BrNS. The minimum atomic E-state index is 0.301. The Morgan fingerprint density at radius 1 is 1.11 bits per heavy atom. The number of benzene rings is 2. The molecule has 2 aromatic rings. The van der Waals surface area contributed by atoms with Gasteiger partial charge in [0.15, 0.2) is 0 Å². The van der Waals surface area contributed by atoms with Crippen LogP contribution in [-0.2, 0) is 0 Å². The van der Waals surface area contributed by atoms with Crippen molar-refractivity contribution >= 4 is 33.4 Å². The second-order valence-electron chi connectivity index (χ2n) is 4.15. The van der Waals surface area contributed by atoms with Crippen LogP contribution in [0.5, 0.6) is 0 Å². The largest absolute Gasteiger partial charge is 0.378 e. The number of hydrogen-bond donors (Lipinski definition) is 1. The second kappa shape index (κ2) is 6.30.